The number of nitrogens with zero attached hydrogens (tertiary/aromatic N) is 4. The molecule has 27 heavy (non-hydrogen) atoms. The smallest absolute Gasteiger partial charge is 0.292 e. The maximum atomic E-state index is 13.0. The molecule has 1 aromatic carbocycles. The highest BCUT2D eigenvalue weighted by Gasteiger charge is 2.27. The molecule has 1 N–H and O–H groups in total. The summed E-state index contributed by atoms with van der Waals surface area (Å²) < 4.78 is 1.67. The van der Waals surface area contributed by atoms with Crippen molar-refractivity contribution < 1.29 is 9.59 Å². The van der Waals surface area contributed by atoms with E-state index in [2.05, 4.69) is 15.2 Å². The molecule has 2 amide bonds. The minimum Gasteiger partial charge on any atom is -0.335 e. The number of carbonyl (C=O) groups is 2. The highest BCUT2D eigenvalue weighted by Crippen LogP contribution is 2.17. The first-order valence-corrected chi connectivity index (χ1v) is 8.95. The summed E-state index contributed by atoms with van der Waals surface area (Å²) >= 11 is 0. The number of carbonyl (C=O) groups excluding carboxylic acids is 2. The Morgan fingerprint density at radius 1 is 0.963 bits per heavy atom. The molecular formula is C20H21N5O2. The van der Waals surface area contributed by atoms with Crippen LogP contribution in [-0.4, -0.2) is 64.2 Å². The van der Waals surface area contributed by atoms with Crippen molar-refractivity contribution in [2.24, 2.45) is 0 Å². The van der Waals surface area contributed by atoms with Gasteiger partial charge in [0.25, 0.3) is 11.8 Å². The number of rotatable bonds is 3. The van der Waals surface area contributed by atoms with Gasteiger partial charge in [-0.1, -0.05) is 24.3 Å². The standard InChI is InChI=1S/C20H21N5O2/c1-23-11-13-24(14-12-23)20(27)17-16-9-5-6-10-25(16)18(22-17)19(26)21-15-7-3-2-4-8-15/h2-10H,11-14H2,1H3,(H,21,26). The minimum absolute atomic E-state index is 0.134. The maximum absolute atomic E-state index is 13.0. The van der Waals surface area contributed by atoms with E-state index in [0.717, 1.165) is 13.1 Å². The number of likely N-dealkylation sites (N-methyl/N-ethyl adjacent to an activating group) is 1. The molecule has 1 saturated heterocycles. The molecular weight excluding hydrogens is 342 g/mol. The molecule has 0 spiro atoms. The van der Waals surface area contributed by atoms with Crippen molar-refractivity contribution in [2.75, 3.05) is 38.5 Å². The van der Waals surface area contributed by atoms with Gasteiger partial charge in [0.05, 0.1) is 5.52 Å². The lowest BCUT2D eigenvalue weighted by atomic mass is 10.2. The molecule has 2 aromatic heterocycles. The molecule has 138 valence electrons. The summed E-state index contributed by atoms with van der Waals surface area (Å²) in [5.41, 5.74) is 1.64. The van der Waals surface area contributed by atoms with Crippen molar-refractivity contribution in [1.82, 2.24) is 19.2 Å². The summed E-state index contributed by atoms with van der Waals surface area (Å²) in [6.45, 7) is 2.98. The van der Waals surface area contributed by atoms with Crippen LogP contribution in [-0.2, 0) is 0 Å². The van der Waals surface area contributed by atoms with Gasteiger partial charge in [-0.15, -0.1) is 0 Å². The molecule has 0 saturated carbocycles. The number of imidazole rings is 1. The average Bonchev–Trinajstić information content (AvgIpc) is 3.09. The van der Waals surface area contributed by atoms with Crippen LogP contribution < -0.4 is 5.32 Å². The second kappa shape index (κ2) is 7.20. The Labute approximate surface area is 157 Å². The highest BCUT2D eigenvalue weighted by molar-refractivity contribution is 6.06. The van der Waals surface area contributed by atoms with Gasteiger partial charge in [-0.3, -0.25) is 14.0 Å². The fraction of sp³-hybridized carbons (Fsp3) is 0.250. The van der Waals surface area contributed by atoms with Crippen LogP contribution in [0, 0.1) is 0 Å². The zero-order valence-electron chi connectivity index (χ0n) is 15.1. The second-order valence-corrected chi connectivity index (χ2v) is 6.66. The van der Waals surface area contributed by atoms with Gasteiger partial charge in [0.2, 0.25) is 5.82 Å². The summed E-state index contributed by atoms with van der Waals surface area (Å²) in [7, 11) is 2.04. The number of aromatic nitrogens is 2. The van der Waals surface area contributed by atoms with Crippen LogP contribution in [0.15, 0.2) is 54.7 Å². The number of hydrogen-bond donors (Lipinski definition) is 1. The number of piperazine rings is 1. The summed E-state index contributed by atoms with van der Waals surface area (Å²) in [5.74, 6) is -0.280. The van der Waals surface area contributed by atoms with Gasteiger partial charge in [0, 0.05) is 38.1 Å². The Kier molecular flexibility index (Phi) is 4.60. The minimum atomic E-state index is -0.347. The Bertz CT molecular complexity index is 974. The number of pyridine rings is 1. The fourth-order valence-corrected chi connectivity index (χ4v) is 3.22. The predicted octanol–water partition coefficient (Wildman–Crippen LogP) is 1.97. The van der Waals surface area contributed by atoms with Crippen molar-refractivity contribution in [3.63, 3.8) is 0 Å². The zero-order valence-corrected chi connectivity index (χ0v) is 15.1. The lowest BCUT2D eigenvalue weighted by molar-refractivity contribution is 0.0661. The van der Waals surface area contributed by atoms with Crippen molar-refractivity contribution in [1.29, 1.82) is 0 Å². The van der Waals surface area contributed by atoms with Crippen molar-refractivity contribution in [3.05, 3.63) is 66.2 Å². The quantitative estimate of drug-likeness (QED) is 0.772. The number of para-hydroxylation sites is 1. The second-order valence-electron chi connectivity index (χ2n) is 6.66. The molecule has 0 atom stereocenters. The molecule has 4 rings (SSSR count). The Hall–Kier alpha value is -3.19. The van der Waals surface area contributed by atoms with Gasteiger partial charge in [0.15, 0.2) is 5.69 Å². The van der Waals surface area contributed by atoms with E-state index in [0.29, 0.717) is 30.0 Å². The summed E-state index contributed by atoms with van der Waals surface area (Å²) in [6.07, 6.45) is 1.75. The monoisotopic (exact) mass is 363 g/mol. The van der Waals surface area contributed by atoms with Crippen LogP contribution in [0.4, 0.5) is 5.69 Å². The van der Waals surface area contributed by atoms with Crippen LogP contribution >= 0.6 is 0 Å². The lowest BCUT2D eigenvalue weighted by Crippen LogP contribution is -2.47. The van der Waals surface area contributed by atoms with Crippen molar-refractivity contribution in [3.8, 4) is 0 Å². The maximum Gasteiger partial charge on any atom is 0.292 e. The van der Waals surface area contributed by atoms with E-state index < -0.39 is 0 Å². The van der Waals surface area contributed by atoms with E-state index in [1.54, 1.807) is 15.5 Å². The first-order valence-electron chi connectivity index (χ1n) is 8.95. The van der Waals surface area contributed by atoms with E-state index >= 15 is 0 Å². The highest BCUT2D eigenvalue weighted by atomic mass is 16.2. The van der Waals surface area contributed by atoms with E-state index in [-0.39, 0.29) is 17.6 Å². The van der Waals surface area contributed by atoms with E-state index in [4.69, 9.17) is 0 Å². The molecule has 3 heterocycles. The van der Waals surface area contributed by atoms with E-state index in [9.17, 15) is 9.59 Å². The van der Waals surface area contributed by atoms with Crippen molar-refractivity contribution >= 4 is 23.0 Å². The predicted molar refractivity (Wildman–Crippen MR) is 103 cm³/mol. The molecule has 7 heteroatoms. The number of amides is 2. The van der Waals surface area contributed by atoms with Crippen molar-refractivity contribution in [2.45, 2.75) is 0 Å². The number of nitrogens with one attached hydrogen (secondary N) is 1. The van der Waals surface area contributed by atoms with Crippen LogP contribution in [0.25, 0.3) is 5.52 Å². The topological polar surface area (TPSA) is 69.9 Å². The van der Waals surface area contributed by atoms with Gasteiger partial charge in [0.1, 0.15) is 0 Å². The molecule has 7 nitrogen and oxygen atoms in total. The lowest BCUT2D eigenvalue weighted by Gasteiger charge is -2.32. The first kappa shape index (κ1) is 17.2. The summed E-state index contributed by atoms with van der Waals surface area (Å²) in [5, 5.41) is 2.83. The molecule has 1 aliphatic rings. The summed E-state index contributed by atoms with van der Waals surface area (Å²) in [6, 6.07) is 14.7. The van der Waals surface area contributed by atoms with Crippen LogP contribution in [0.3, 0.4) is 0 Å². The molecule has 0 unspecified atom stereocenters. The van der Waals surface area contributed by atoms with Gasteiger partial charge >= 0.3 is 0 Å². The van der Waals surface area contributed by atoms with E-state index in [1.165, 1.54) is 0 Å². The van der Waals surface area contributed by atoms with Gasteiger partial charge in [-0.05, 0) is 31.3 Å². The van der Waals surface area contributed by atoms with Crippen LogP contribution in [0.5, 0.6) is 0 Å². The third kappa shape index (κ3) is 3.41. The number of anilines is 1. The molecule has 0 bridgehead atoms. The Balaban J connectivity index is 1.67. The van der Waals surface area contributed by atoms with Crippen LogP contribution in [0.1, 0.15) is 21.1 Å². The number of fused-ring (bicyclic) bond motifs is 1. The van der Waals surface area contributed by atoms with Crippen LogP contribution in [0.2, 0.25) is 0 Å². The molecule has 3 aromatic rings. The molecule has 0 radical (unpaired) electrons. The number of hydrogen-bond acceptors (Lipinski definition) is 4. The number of benzene rings is 1. The Morgan fingerprint density at radius 2 is 1.67 bits per heavy atom. The molecule has 1 aliphatic heterocycles. The van der Waals surface area contributed by atoms with E-state index in [1.807, 2.05) is 55.6 Å². The largest absolute Gasteiger partial charge is 0.335 e. The van der Waals surface area contributed by atoms with Gasteiger partial charge < -0.3 is 15.1 Å². The summed E-state index contributed by atoms with van der Waals surface area (Å²) in [4.78, 5) is 34.2. The fourth-order valence-electron chi connectivity index (χ4n) is 3.22. The average molecular weight is 363 g/mol. The third-order valence-corrected chi connectivity index (χ3v) is 4.78. The van der Waals surface area contributed by atoms with Gasteiger partial charge in [-0.2, -0.15) is 0 Å². The molecule has 1 fully saturated rings. The van der Waals surface area contributed by atoms with Gasteiger partial charge in [-0.25, -0.2) is 4.98 Å². The Morgan fingerprint density at radius 3 is 2.41 bits per heavy atom. The zero-order chi connectivity index (χ0) is 18.8. The normalized spacial score (nSPS) is 15.1. The first-order chi connectivity index (χ1) is 13.1. The third-order valence-electron chi connectivity index (χ3n) is 4.78. The SMILES string of the molecule is CN1CCN(C(=O)c2nc(C(=O)Nc3ccccc3)n3ccccc23)CC1. The molecule has 0 aliphatic carbocycles.